The molecule has 0 aliphatic rings. The molecule has 0 amide bonds. The van der Waals surface area contributed by atoms with Crippen molar-refractivity contribution in [3.05, 3.63) is 35.7 Å². The Bertz CT molecular complexity index is 664. The summed E-state index contributed by atoms with van der Waals surface area (Å²) in [5.74, 6) is -0.413. The Kier molecular flexibility index (Phi) is 4.81. The molecule has 6 nitrogen and oxygen atoms in total. The van der Waals surface area contributed by atoms with Gasteiger partial charge in [-0.3, -0.25) is 4.68 Å². The van der Waals surface area contributed by atoms with Crippen LogP contribution in [0.3, 0.4) is 0 Å². The van der Waals surface area contributed by atoms with Gasteiger partial charge < -0.3 is 15.0 Å². The lowest BCUT2D eigenvalue weighted by molar-refractivity contribution is -0.272. The summed E-state index contributed by atoms with van der Waals surface area (Å²) in [6.07, 6.45) is -1.06. The highest BCUT2D eigenvalue weighted by atomic mass is 19.4. The number of aryl methyl sites for hydroxylation is 2. The number of hydrogen-bond acceptors (Lipinski definition) is 4. The third kappa shape index (κ3) is 3.40. The smallest absolute Gasteiger partial charge is 0.374 e. The molecule has 0 aliphatic heterocycles. The summed E-state index contributed by atoms with van der Waals surface area (Å²) < 4.78 is 42.8. The molecule has 1 atom stereocenters. The number of rotatable bonds is 6. The monoisotopic (exact) mass is 331 g/mol. The average molecular weight is 331 g/mol. The van der Waals surface area contributed by atoms with Crippen molar-refractivity contribution in [3.63, 3.8) is 0 Å². The maximum absolute atomic E-state index is 13.3. The van der Waals surface area contributed by atoms with Gasteiger partial charge in [0.2, 0.25) is 5.60 Å². The van der Waals surface area contributed by atoms with Gasteiger partial charge in [-0.15, -0.1) is 0 Å². The highest BCUT2D eigenvalue weighted by molar-refractivity contribution is 5.15. The molecule has 2 heterocycles. The molecule has 2 rings (SSSR count). The second kappa shape index (κ2) is 6.32. The van der Waals surface area contributed by atoms with Crippen LogP contribution in [0.5, 0.6) is 0 Å². The van der Waals surface area contributed by atoms with Gasteiger partial charge in [0.05, 0.1) is 6.20 Å². The van der Waals surface area contributed by atoms with Crippen LogP contribution in [0.4, 0.5) is 13.2 Å². The van der Waals surface area contributed by atoms with Crippen molar-refractivity contribution in [1.29, 1.82) is 0 Å². The molecule has 23 heavy (non-hydrogen) atoms. The first-order valence-corrected chi connectivity index (χ1v) is 7.12. The Balaban J connectivity index is 2.03. The SMILES string of the molecule is Cc1c(CNCCC(O)(c2nccn2C)C(F)(F)F)cnn1C. The molecule has 2 N–H and O–H groups in total. The molecule has 1 unspecified atom stereocenters. The minimum Gasteiger partial charge on any atom is -0.374 e. The summed E-state index contributed by atoms with van der Waals surface area (Å²) in [7, 11) is 3.22. The standard InChI is InChI=1S/C14H20F3N5O/c1-10-11(9-20-22(10)3)8-18-5-4-13(23,14(15,16)17)12-19-6-7-21(12)2/h6-7,9,18,23H,4-5,8H2,1-3H3. The lowest BCUT2D eigenvalue weighted by Crippen LogP contribution is -2.46. The van der Waals surface area contributed by atoms with Crippen LogP contribution in [0.1, 0.15) is 23.5 Å². The van der Waals surface area contributed by atoms with Crippen LogP contribution in [0.25, 0.3) is 0 Å². The Labute approximate surface area is 131 Å². The summed E-state index contributed by atoms with van der Waals surface area (Å²) in [5, 5.41) is 17.2. The molecule has 128 valence electrons. The molecule has 0 saturated carbocycles. The topological polar surface area (TPSA) is 67.9 Å². The van der Waals surface area contributed by atoms with E-state index in [0.717, 1.165) is 11.3 Å². The van der Waals surface area contributed by atoms with E-state index in [9.17, 15) is 18.3 Å². The molecule has 2 aromatic rings. The van der Waals surface area contributed by atoms with E-state index >= 15 is 0 Å². The van der Waals surface area contributed by atoms with E-state index in [0.29, 0.717) is 6.54 Å². The molecule has 0 aliphatic carbocycles. The first-order chi connectivity index (χ1) is 10.7. The number of alkyl halides is 3. The highest BCUT2D eigenvalue weighted by Crippen LogP contribution is 2.40. The molecule has 0 fully saturated rings. The van der Waals surface area contributed by atoms with Crippen LogP contribution in [0.15, 0.2) is 18.6 Å². The van der Waals surface area contributed by atoms with Gasteiger partial charge >= 0.3 is 6.18 Å². The van der Waals surface area contributed by atoms with Gasteiger partial charge in [0.1, 0.15) is 5.82 Å². The van der Waals surface area contributed by atoms with Crippen LogP contribution in [0, 0.1) is 6.92 Å². The summed E-state index contributed by atoms with van der Waals surface area (Å²) >= 11 is 0. The molecular formula is C14H20F3N5O. The van der Waals surface area contributed by atoms with Gasteiger partial charge in [-0.2, -0.15) is 18.3 Å². The number of imidazole rings is 1. The number of nitrogens with one attached hydrogen (secondary N) is 1. The van der Waals surface area contributed by atoms with Crippen LogP contribution in [0.2, 0.25) is 0 Å². The summed E-state index contributed by atoms with van der Waals surface area (Å²) in [5.41, 5.74) is -1.14. The van der Waals surface area contributed by atoms with E-state index in [1.807, 2.05) is 6.92 Å². The zero-order chi connectivity index (χ0) is 17.3. The minimum atomic E-state index is -4.81. The van der Waals surface area contributed by atoms with E-state index in [-0.39, 0.29) is 6.54 Å². The third-order valence-corrected chi connectivity index (χ3v) is 3.98. The predicted molar refractivity (Wildman–Crippen MR) is 77.4 cm³/mol. The van der Waals surface area contributed by atoms with Gasteiger partial charge in [-0.05, 0) is 13.5 Å². The van der Waals surface area contributed by atoms with Crippen molar-refractivity contribution in [3.8, 4) is 0 Å². The predicted octanol–water partition coefficient (Wildman–Crippen LogP) is 1.39. The maximum atomic E-state index is 13.3. The van der Waals surface area contributed by atoms with Crippen molar-refractivity contribution in [1.82, 2.24) is 24.6 Å². The Morgan fingerprint density at radius 3 is 2.48 bits per heavy atom. The first kappa shape index (κ1) is 17.5. The molecule has 0 bridgehead atoms. The van der Waals surface area contributed by atoms with E-state index in [1.54, 1.807) is 17.9 Å². The zero-order valence-corrected chi connectivity index (χ0v) is 13.2. The molecule has 2 aromatic heterocycles. The summed E-state index contributed by atoms with van der Waals surface area (Å²) in [4.78, 5) is 3.66. The van der Waals surface area contributed by atoms with Gasteiger partial charge in [0, 0.05) is 50.7 Å². The Hall–Kier alpha value is -1.87. The van der Waals surface area contributed by atoms with Crippen LogP contribution in [-0.2, 0) is 26.2 Å². The van der Waals surface area contributed by atoms with Gasteiger partial charge in [-0.25, -0.2) is 4.98 Å². The van der Waals surface area contributed by atoms with Gasteiger partial charge in [-0.1, -0.05) is 0 Å². The normalized spacial score (nSPS) is 14.9. The van der Waals surface area contributed by atoms with Gasteiger partial charge in [0.25, 0.3) is 0 Å². The fourth-order valence-corrected chi connectivity index (χ4v) is 2.35. The molecule has 0 radical (unpaired) electrons. The molecule has 0 saturated heterocycles. The Morgan fingerprint density at radius 1 is 1.30 bits per heavy atom. The molecular weight excluding hydrogens is 311 g/mol. The first-order valence-electron chi connectivity index (χ1n) is 7.12. The van der Waals surface area contributed by atoms with Crippen molar-refractivity contribution in [2.24, 2.45) is 14.1 Å². The lowest BCUT2D eigenvalue weighted by Gasteiger charge is -2.30. The molecule has 0 spiro atoms. The largest absolute Gasteiger partial charge is 0.424 e. The third-order valence-electron chi connectivity index (χ3n) is 3.98. The van der Waals surface area contributed by atoms with Crippen molar-refractivity contribution < 1.29 is 18.3 Å². The van der Waals surface area contributed by atoms with E-state index in [2.05, 4.69) is 15.4 Å². The average Bonchev–Trinajstić information content (AvgIpc) is 3.02. The second-order valence-electron chi connectivity index (χ2n) is 5.53. The number of halogens is 3. The van der Waals surface area contributed by atoms with Crippen molar-refractivity contribution in [2.75, 3.05) is 6.54 Å². The van der Waals surface area contributed by atoms with E-state index in [4.69, 9.17) is 0 Å². The number of hydrogen-bond donors (Lipinski definition) is 2. The van der Waals surface area contributed by atoms with E-state index in [1.165, 1.54) is 24.0 Å². The summed E-state index contributed by atoms with van der Waals surface area (Å²) in [6.45, 7) is 2.25. The van der Waals surface area contributed by atoms with Crippen LogP contribution >= 0.6 is 0 Å². The number of nitrogens with zero attached hydrogens (tertiary/aromatic N) is 4. The quantitative estimate of drug-likeness (QED) is 0.785. The Morgan fingerprint density at radius 2 is 2.00 bits per heavy atom. The number of aliphatic hydroxyl groups is 1. The molecule has 9 heteroatoms. The minimum absolute atomic E-state index is 0.0167. The fraction of sp³-hybridized carbons (Fsp3) is 0.571. The van der Waals surface area contributed by atoms with Crippen LogP contribution in [-0.4, -0.2) is 37.2 Å². The second-order valence-corrected chi connectivity index (χ2v) is 5.53. The highest BCUT2D eigenvalue weighted by Gasteiger charge is 2.56. The van der Waals surface area contributed by atoms with Crippen molar-refractivity contribution >= 4 is 0 Å². The van der Waals surface area contributed by atoms with Gasteiger partial charge in [0.15, 0.2) is 0 Å². The lowest BCUT2D eigenvalue weighted by atomic mass is 9.97. The molecule has 0 aromatic carbocycles. The summed E-state index contributed by atoms with van der Waals surface area (Å²) in [6, 6.07) is 0. The number of aromatic nitrogens is 4. The fourth-order valence-electron chi connectivity index (χ4n) is 2.35. The van der Waals surface area contributed by atoms with E-state index < -0.39 is 24.0 Å². The van der Waals surface area contributed by atoms with Crippen molar-refractivity contribution in [2.45, 2.75) is 31.7 Å². The maximum Gasteiger partial charge on any atom is 0.424 e. The zero-order valence-electron chi connectivity index (χ0n) is 13.2. The van der Waals surface area contributed by atoms with Crippen LogP contribution < -0.4 is 5.32 Å².